The van der Waals surface area contributed by atoms with Crippen molar-refractivity contribution in [3.8, 4) is 0 Å². The lowest BCUT2D eigenvalue weighted by molar-refractivity contribution is 0.0888. The Hall–Kier alpha value is -0.420. The molecule has 0 fully saturated rings. The van der Waals surface area contributed by atoms with Gasteiger partial charge in [0.1, 0.15) is 0 Å². The third-order valence-electron chi connectivity index (χ3n) is 2.57. The second kappa shape index (κ2) is 7.82. The fourth-order valence-corrected chi connectivity index (χ4v) is 2.14. The number of likely N-dealkylation sites (N-methyl/N-ethyl adjacent to an activating group) is 1. The number of hydrogen-bond donors (Lipinski definition) is 1. The Labute approximate surface area is 112 Å². The molecule has 0 heterocycles. The first-order valence-electron chi connectivity index (χ1n) is 5.84. The largest absolute Gasteiger partial charge is 0.387 e. The molecule has 0 radical (unpaired) electrons. The number of nitrogens with zero attached hydrogens (tertiary/aromatic N) is 1. The van der Waals surface area contributed by atoms with Crippen molar-refractivity contribution in [3.05, 3.63) is 34.3 Å². The summed E-state index contributed by atoms with van der Waals surface area (Å²) in [7, 11) is 1.99. The minimum absolute atomic E-state index is 0.475. The molecule has 0 aliphatic carbocycles. The van der Waals surface area contributed by atoms with Crippen LogP contribution in [0.3, 0.4) is 0 Å². The summed E-state index contributed by atoms with van der Waals surface area (Å²) < 4.78 is 6.23. The van der Waals surface area contributed by atoms with E-state index in [2.05, 4.69) is 20.8 Å². The minimum atomic E-state index is -0.475. The fourth-order valence-electron chi connectivity index (χ4n) is 1.59. The third kappa shape index (κ3) is 5.17. The fraction of sp³-hybridized carbons (Fsp3) is 0.538. The molecule has 3 nitrogen and oxygen atoms in total. The topological polar surface area (TPSA) is 32.7 Å². The smallest absolute Gasteiger partial charge is 0.0927 e. The molecule has 17 heavy (non-hydrogen) atoms. The Kier molecular flexibility index (Phi) is 6.73. The number of rotatable bonds is 7. The molecule has 0 saturated carbocycles. The van der Waals surface area contributed by atoms with Crippen molar-refractivity contribution in [2.75, 3.05) is 33.4 Å². The Morgan fingerprint density at radius 3 is 2.76 bits per heavy atom. The summed E-state index contributed by atoms with van der Waals surface area (Å²) in [4.78, 5) is 2.07. The van der Waals surface area contributed by atoms with Gasteiger partial charge in [0.15, 0.2) is 0 Å². The van der Waals surface area contributed by atoms with E-state index in [1.54, 1.807) is 0 Å². The highest BCUT2D eigenvalue weighted by atomic mass is 79.9. The standard InChI is InChI=1S/C13H20BrNO2/c1-3-17-9-8-15(2)10-13(16)11-6-4-5-7-12(11)14/h4-7,13,16H,3,8-10H2,1-2H3. The Balaban J connectivity index is 2.43. The van der Waals surface area contributed by atoms with Crippen LogP contribution in [0.5, 0.6) is 0 Å². The minimum Gasteiger partial charge on any atom is -0.387 e. The average Bonchev–Trinajstić information content (AvgIpc) is 2.29. The van der Waals surface area contributed by atoms with Gasteiger partial charge in [0, 0.05) is 24.2 Å². The molecule has 0 amide bonds. The van der Waals surface area contributed by atoms with E-state index in [1.807, 2.05) is 38.2 Å². The maximum Gasteiger partial charge on any atom is 0.0927 e. The zero-order valence-electron chi connectivity index (χ0n) is 10.4. The lowest BCUT2D eigenvalue weighted by Gasteiger charge is -2.21. The molecule has 0 spiro atoms. The molecular weight excluding hydrogens is 282 g/mol. The van der Waals surface area contributed by atoms with Crippen LogP contribution in [-0.4, -0.2) is 43.4 Å². The van der Waals surface area contributed by atoms with Crippen LogP contribution in [0.2, 0.25) is 0 Å². The summed E-state index contributed by atoms with van der Waals surface area (Å²) in [6.45, 7) is 4.86. The first kappa shape index (κ1) is 14.6. The van der Waals surface area contributed by atoms with Gasteiger partial charge in [-0.1, -0.05) is 34.1 Å². The van der Waals surface area contributed by atoms with Gasteiger partial charge in [-0.2, -0.15) is 0 Å². The number of aliphatic hydroxyl groups is 1. The molecule has 0 aromatic heterocycles. The van der Waals surface area contributed by atoms with Crippen LogP contribution < -0.4 is 0 Å². The van der Waals surface area contributed by atoms with Crippen LogP contribution in [-0.2, 0) is 4.74 Å². The molecule has 0 bridgehead atoms. The van der Waals surface area contributed by atoms with Crippen LogP contribution in [0.15, 0.2) is 28.7 Å². The summed E-state index contributed by atoms with van der Waals surface area (Å²) in [6.07, 6.45) is -0.475. The molecule has 0 aliphatic heterocycles. The van der Waals surface area contributed by atoms with E-state index < -0.39 is 6.10 Å². The zero-order chi connectivity index (χ0) is 12.7. The van der Waals surface area contributed by atoms with E-state index >= 15 is 0 Å². The zero-order valence-corrected chi connectivity index (χ0v) is 12.0. The van der Waals surface area contributed by atoms with Gasteiger partial charge in [0.2, 0.25) is 0 Å². The van der Waals surface area contributed by atoms with E-state index in [1.165, 1.54) is 0 Å². The molecule has 1 atom stereocenters. The quantitative estimate of drug-likeness (QED) is 0.785. The van der Waals surface area contributed by atoms with E-state index in [0.717, 1.165) is 23.2 Å². The number of benzene rings is 1. The maximum absolute atomic E-state index is 10.1. The second-order valence-electron chi connectivity index (χ2n) is 4.00. The molecule has 0 saturated heterocycles. The summed E-state index contributed by atoms with van der Waals surface area (Å²) in [6, 6.07) is 7.76. The normalized spacial score (nSPS) is 13.0. The third-order valence-corrected chi connectivity index (χ3v) is 3.29. The molecule has 1 N–H and O–H groups in total. The SMILES string of the molecule is CCOCCN(C)CC(O)c1ccccc1Br. The van der Waals surface area contributed by atoms with E-state index in [4.69, 9.17) is 4.74 Å². The Morgan fingerprint density at radius 1 is 1.41 bits per heavy atom. The molecule has 96 valence electrons. The van der Waals surface area contributed by atoms with Crippen molar-refractivity contribution in [1.29, 1.82) is 0 Å². The van der Waals surface area contributed by atoms with Gasteiger partial charge < -0.3 is 14.7 Å². The molecule has 1 aromatic carbocycles. The number of ether oxygens (including phenoxy) is 1. The first-order valence-corrected chi connectivity index (χ1v) is 6.63. The van der Waals surface area contributed by atoms with Crippen molar-refractivity contribution >= 4 is 15.9 Å². The van der Waals surface area contributed by atoms with Crippen LogP contribution in [0, 0.1) is 0 Å². The van der Waals surface area contributed by atoms with E-state index in [-0.39, 0.29) is 0 Å². The highest BCUT2D eigenvalue weighted by Gasteiger charge is 2.12. The van der Waals surface area contributed by atoms with Crippen molar-refractivity contribution < 1.29 is 9.84 Å². The predicted octanol–water partition coefficient (Wildman–Crippen LogP) is 2.45. The maximum atomic E-state index is 10.1. The van der Waals surface area contributed by atoms with Gasteiger partial charge in [-0.3, -0.25) is 0 Å². The monoisotopic (exact) mass is 301 g/mol. The summed E-state index contributed by atoms with van der Waals surface area (Å²) >= 11 is 3.45. The Morgan fingerprint density at radius 2 is 2.12 bits per heavy atom. The lowest BCUT2D eigenvalue weighted by atomic mass is 10.1. The lowest BCUT2D eigenvalue weighted by Crippen LogP contribution is -2.28. The first-order chi connectivity index (χ1) is 8.15. The molecule has 1 aromatic rings. The van der Waals surface area contributed by atoms with Crippen molar-refractivity contribution in [2.24, 2.45) is 0 Å². The molecule has 0 aliphatic rings. The predicted molar refractivity (Wildman–Crippen MR) is 73.1 cm³/mol. The highest BCUT2D eigenvalue weighted by molar-refractivity contribution is 9.10. The van der Waals surface area contributed by atoms with Gasteiger partial charge in [-0.05, 0) is 25.6 Å². The summed E-state index contributed by atoms with van der Waals surface area (Å²) in [5, 5.41) is 10.1. The average molecular weight is 302 g/mol. The van der Waals surface area contributed by atoms with Gasteiger partial charge in [-0.25, -0.2) is 0 Å². The van der Waals surface area contributed by atoms with Gasteiger partial charge in [0.25, 0.3) is 0 Å². The second-order valence-corrected chi connectivity index (χ2v) is 4.85. The molecular formula is C13H20BrNO2. The van der Waals surface area contributed by atoms with Crippen LogP contribution in [0.1, 0.15) is 18.6 Å². The van der Waals surface area contributed by atoms with Gasteiger partial charge in [0.05, 0.1) is 12.7 Å². The molecule has 4 heteroatoms. The molecule has 1 rings (SSSR count). The van der Waals surface area contributed by atoms with E-state index in [0.29, 0.717) is 13.2 Å². The van der Waals surface area contributed by atoms with Crippen LogP contribution in [0.4, 0.5) is 0 Å². The van der Waals surface area contributed by atoms with Crippen molar-refractivity contribution in [3.63, 3.8) is 0 Å². The van der Waals surface area contributed by atoms with Crippen LogP contribution >= 0.6 is 15.9 Å². The summed E-state index contributed by atoms with van der Waals surface area (Å²) in [5.74, 6) is 0. The van der Waals surface area contributed by atoms with Crippen molar-refractivity contribution in [1.82, 2.24) is 4.90 Å². The number of halogens is 1. The van der Waals surface area contributed by atoms with E-state index in [9.17, 15) is 5.11 Å². The number of aliphatic hydroxyl groups excluding tert-OH is 1. The Bertz CT molecular complexity index is 333. The number of hydrogen-bond acceptors (Lipinski definition) is 3. The van der Waals surface area contributed by atoms with Gasteiger partial charge >= 0.3 is 0 Å². The van der Waals surface area contributed by atoms with Gasteiger partial charge in [-0.15, -0.1) is 0 Å². The van der Waals surface area contributed by atoms with Crippen molar-refractivity contribution in [2.45, 2.75) is 13.0 Å². The highest BCUT2D eigenvalue weighted by Crippen LogP contribution is 2.23. The summed E-state index contributed by atoms with van der Waals surface area (Å²) in [5.41, 5.74) is 0.927. The molecule has 1 unspecified atom stereocenters. The van der Waals surface area contributed by atoms with Crippen LogP contribution in [0.25, 0.3) is 0 Å².